The van der Waals surface area contributed by atoms with Gasteiger partial charge in [-0.25, -0.2) is 4.98 Å². The molecule has 0 saturated carbocycles. The first-order valence-corrected chi connectivity index (χ1v) is 7.15. The van der Waals surface area contributed by atoms with Crippen LogP contribution >= 0.6 is 0 Å². The SMILES string of the molecule is NCc1cc(-c2c[nH]c3ccc(O)cc23)nc2ccccc12. The number of aromatic nitrogens is 2. The number of hydrogen-bond donors (Lipinski definition) is 3. The van der Waals surface area contributed by atoms with Gasteiger partial charge in [-0.15, -0.1) is 0 Å². The molecule has 4 rings (SSSR count). The summed E-state index contributed by atoms with van der Waals surface area (Å²) in [5, 5.41) is 11.8. The lowest BCUT2D eigenvalue weighted by atomic mass is 10.0. The Morgan fingerprint density at radius 3 is 2.77 bits per heavy atom. The molecule has 0 aliphatic carbocycles. The Kier molecular flexibility index (Phi) is 2.84. The minimum Gasteiger partial charge on any atom is -0.508 e. The van der Waals surface area contributed by atoms with Gasteiger partial charge in [-0.3, -0.25) is 0 Å². The zero-order chi connectivity index (χ0) is 15.1. The van der Waals surface area contributed by atoms with Gasteiger partial charge in [0.25, 0.3) is 0 Å². The molecule has 0 bridgehead atoms. The minimum absolute atomic E-state index is 0.244. The maximum absolute atomic E-state index is 9.74. The van der Waals surface area contributed by atoms with Crippen LogP contribution in [0.2, 0.25) is 0 Å². The van der Waals surface area contributed by atoms with Gasteiger partial charge in [0.05, 0.1) is 11.2 Å². The lowest BCUT2D eigenvalue weighted by molar-refractivity contribution is 0.476. The summed E-state index contributed by atoms with van der Waals surface area (Å²) in [5.74, 6) is 0.244. The molecule has 0 spiro atoms. The van der Waals surface area contributed by atoms with Gasteiger partial charge in [-0.2, -0.15) is 0 Å². The number of phenolic OH excluding ortho intramolecular Hbond substituents is 1. The smallest absolute Gasteiger partial charge is 0.116 e. The standard InChI is InChI=1S/C18H15N3O/c19-9-11-7-18(21-17-4-2-1-3-13(11)17)15-10-20-16-6-5-12(22)8-14(15)16/h1-8,10,20,22H,9,19H2. The number of H-pyrrole nitrogens is 1. The topological polar surface area (TPSA) is 74.9 Å². The first kappa shape index (κ1) is 12.9. The van der Waals surface area contributed by atoms with Crippen molar-refractivity contribution in [1.82, 2.24) is 9.97 Å². The van der Waals surface area contributed by atoms with Crippen LogP contribution in [0, 0.1) is 0 Å². The van der Waals surface area contributed by atoms with Crippen LogP contribution < -0.4 is 5.73 Å². The van der Waals surface area contributed by atoms with E-state index in [1.807, 2.05) is 42.6 Å². The summed E-state index contributed by atoms with van der Waals surface area (Å²) in [4.78, 5) is 7.97. The second-order valence-corrected chi connectivity index (χ2v) is 5.32. The van der Waals surface area contributed by atoms with Crippen molar-refractivity contribution in [3.05, 3.63) is 60.3 Å². The Bertz CT molecular complexity index is 988. The van der Waals surface area contributed by atoms with Gasteiger partial charge >= 0.3 is 0 Å². The molecule has 22 heavy (non-hydrogen) atoms. The normalized spacial score (nSPS) is 11.3. The van der Waals surface area contributed by atoms with Crippen LogP contribution in [0.5, 0.6) is 5.75 Å². The van der Waals surface area contributed by atoms with Crippen molar-refractivity contribution in [3.63, 3.8) is 0 Å². The van der Waals surface area contributed by atoms with E-state index < -0.39 is 0 Å². The van der Waals surface area contributed by atoms with Crippen molar-refractivity contribution in [2.45, 2.75) is 6.54 Å². The van der Waals surface area contributed by atoms with Gasteiger partial charge in [-0.05, 0) is 35.9 Å². The van der Waals surface area contributed by atoms with Crippen LogP contribution in [0.25, 0.3) is 33.1 Å². The third-order valence-electron chi connectivity index (χ3n) is 3.96. The Balaban J connectivity index is 2.02. The molecule has 4 nitrogen and oxygen atoms in total. The molecule has 0 aliphatic heterocycles. The second-order valence-electron chi connectivity index (χ2n) is 5.32. The van der Waals surface area contributed by atoms with Crippen molar-refractivity contribution >= 4 is 21.8 Å². The molecule has 4 heteroatoms. The van der Waals surface area contributed by atoms with E-state index in [1.54, 1.807) is 12.1 Å². The predicted octanol–water partition coefficient (Wildman–Crippen LogP) is 3.55. The molecule has 0 amide bonds. The molecule has 4 N–H and O–H groups in total. The van der Waals surface area contributed by atoms with Crippen LogP contribution in [0.4, 0.5) is 0 Å². The third kappa shape index (κ3) is 1.93. The minimum atomic E-state index is 0.244. The number of nitrogens with zero attached hydrogens (tertiary/aromatic N) is 1. The number of rotatable bonds is 2. The molecule has 2 aromatic carbocycles. The highest BCUT2D eigenvalue weighted by Crippen LogP contribution is 2.32. The molecule has 2 heterocycles. The average Bonchev–Trinajstić information content (AvgIpc) is 2.96. The van der Waals surface area contributed by atoms with Crippen molar-refractivity contribution in [1.29, 1.82) is 0 Å². The molecule has 0 radical (unpaired) electrons. The van der Waals surface area contributed by atoms with E-state index in [0.717, 1.165) is 38.6 Å². The number of hydrogen-bond acceptors (Lipinski definition) is 3. The van der Waals surface area contributed by atoms with Crippen molar-refractivity contribution in [3.8, 4) is 17.0 Å². The number of pyridine rings is 1. The molecule has 0 fully saturated rings. The summed E-state index contributed by atoms with van der Waals surface area (Å²) < 4.78 is 0. The van der Waals surface area contributed by atoms with Gasteiger partial charge in [0, 0.05) is 34.6 Å². The second kappa shape index (κ2) is 4.86. The monoisotopic (exact) mass is 289 g/mol. The molecule has 0 saturated heterocycles. The Morgan fingerprint density at radius 1 is 1.05 bits per heavy atom. The number of nitrogens with one attached hydrogen (secondary N) is 1. The van der Waals surface area contributed by atoms with Crippen molar-refractivity contribution in [2.24, 2.45) is 5.73 Å². The van der Waals surface area contributed by atoms with Crippen molar-refractivity contribution < 1.29 is 5.11 Å². The van der Waals surface area contributed by atoms with Gasteiger partial charge in [0.1, 0.15) is 5.75 Å². The third-order valence-corrected chi connectivity index (χ3v) is 3.96. The summed E-state index contributed by atoms with van der Waals surface area (Å²) in [6, 6.07) is 15.3. The van der Waals surface area contributed by atoms with Crippen LogP contribution in [0.1, 0.15) is 5.56 Å². The summed E-state index contributed by atoms with van der Waals surface area (Å²) >= 11 is 0. The van der Waals surface area contributed by atoms with Gasteiger partial charge in [0.15, 0.2) is 0 Å². The van der Waals surface area contributed by atoms with Gasteiger partial charge in [-0.1, -0.05) is 18.2 Å². The zero-order valence-electron chi connectivity index (χ0n) is 11.9. The van der Waals surface area contributed by atoms with E-state index in [9.17, 15) is 5.11 Å². The predicted molar refractivity (Wildman–Crippen MR) is 88.6 cm³/mol. The fourth-order valence-corrected chi connectivity index (χ4v) is 2.87. The Morgan fingerprint density at radius 2 is 1.91 bits per heavy atom. The molecule has 0 unspecified atom stereocenters. The highest BCUT2D eigenvalue weighted by molar-refractivity contribution is 5.97. The van der Waals surface area contributed by atoms with E-state index in [-0.39, 0.29) is 5.75 Å². The highest BCUT2D eigenvalue weighted by atomic mass is 16.3. The maximum Gasteiger partial charge on any atom is 0.116 e. The average molecular weight is 289 g/mol. The number of benzene rings is 2. The molecule has 108 valence electrons. The van der Waals surface area contributed by atoms with Crippen LogP contribution in [0.3, 0.4) is 0 Å². The van der Waals surface area contributed by atoms with E-state index in [2.05, 4.69) is 4.98 Å². The number of para-hydroxylation sites is 1. The molecular weight excluding hydrogens is 274 g/mol. The van der Waals surface area contributed by atoms with Crippen molar-refractivity contribution in [2.75, 3.05) is 0 Å². The Hall–Kier alpha value is -2.85. The lowest BCUT2D eigenvalue weighted by Gasteiger charge is -2.07. The van der Waals surface area contributed by atoms with Gasteiger partial charge in [0.2, 0.25) is 0 Å². The molecular formula is C18H15N3O. The summed E-state index contributed by atoms with van der Waals surface area (Å²) in [6.45, 7) is 0.462. The van der Waals surface area contributed by atoms with E-state index in [4.69, 9.17) is 10.7 Å². The molecule has 0 atom stereocenters. The molecule has 4 aromatic rings. The fraction of sp³-hybridized carbons (Fsp3) is 0.0556. The number of aromatic hydroxyl groups is 1. The summed E-state index contributed by atoms with van der Waals surface area (Å²) in [7, 11) is 0. The van der Waals surface area contributed by atoms with Gasteiger partial charge < -0.3 is 15.8 Å². The van der Waals surface area contributed by atoms with E-state index in [0.29, 0.717) is 6.54 Å². The number of nitrogens with two attached hydrogens (primary N) is 1. The van der Waals surface area contributed by atoms with E-state index in [1.165, 1.54) is 0 Å². The fourth-order valence-electron chi connectivity index (χ4n) is 2.87. The lowest BCUT2D eigenvalue weighted by Crippen LogP contribution is -1.99. The summed E-state index contributed by atoms with van der Waals surface area (Å²) in [6.07, 6.45) is 1.92. The number of fused-ring (bicyclic) bond motifs is 2. The first-order valence-electron chi connectivity index (χ1n) is 7.15. The molecule has 2 aromatic heterocycles. The van der Waals surface area contributed by atoms with Crippen LogP contribution in [0.15, 0.2) is 54.7 Å². The largest absolute Gasteiger partial charge is 0.508 e. The highest BCUT2D eigenvalue weighted by Gasteiger charge is 2.11. The van der Waals surface area contributed by atoms with Crippen LogP contribution in [-0.2, 0) is 6.54 Å². The number of phenols is 1. The first-order chi connectivity index (χ1) is 10.8. The number of aromatic amines is 1. The quantitative estimate of drug-likeness (QED) is 0.528. The summed E-state index contributed by atoms with van der Waals surface area (Å²) in [5.41, 5.74) is 10.7. The maximum atomic E-state index is 9.74. The Labute approximate surface area is 127 Å². The zero-order valence-corrected chi connectivity index (χ0v) is 11.9. The molecule has 0 aliphatic rings. The van der Waals surface area contributed by atoms with E-state index >= 15 is 0 Å². The van der Waals surface area contributed by atoms with Crippen LogP contribution in [-0.4, -0.2) is 15.1 Å².